The lowest BCUT2D eigenvalue weighted by molar-refractivity contribution is -0.124. The van der Waals surface area contributed by atoms with Crippen molar-refractivity contribution in [2.24, 2.45) is 5.73 Å². The number of benzene rings is 1. The molecule has 2 N–H and O–H groups in total. The van der Waals surface area contributed by atoms with E-state index in [9.17, 15) is 4.79 Å². The van der Waals surface area contributed by atoms with Gasteiger partial charge >= 0.3 is 0 Å². The Morgan fingerprint density at radius 2 is 2.17 bits per heavy atom. The summed E-state index contributed by atoms with van der Waals surface area (Å²) in [5.74, 6) is 1.54. The SMILES string of the molecule is CCOc1ccc(-c2noc(CN3CCCC[C@@H]3C(N)=O)n2)cc1. The topological polar surface area (TPSA) is 94.5 Å². The molecule has 0 spiro atoms. The van der Waals surface area contributed by atoms with E-state index in [0.29, 0.717) is 24.9 Å². The molecule has 0 saturated carbocycles. The van der Waals surface area contributed by atoms with Crippen LogP contribution in [0, 0.1) is 0 Å². The molecule has 2 aromatic rings. The Morgan fingerprint density at radius 3 is 2.88 bits per heavy atom. The molecule has 2 heterocycles. The van der Waals surface area contributed by atoms with Gasteiger partial charge in [-0.2, -0.15) is 4.98 Å². The Hall–Kier alpha value is -2.41. The molecule has 1 amide bonds. The number of carbonyl (C=O) groups excluding carboxylic acids is 1. The molecule has 3 rings (SSSR count). The van der Waals surface area contributed by atoms with Gasteiger partial charge < -0.3 is 15.0 Å². The summed E-state index contributed by atoms with van der Waals surface area (Å²) >= 11 is 0. The summed E-state index contributed by atoms with van der Waals surface area (Å²) < 4.78 is 10.8. The van der Waals surface area contributed by atoms with E-state index in [1.165, 1.54) is 0 Å². The number of ether oxygens (including phenoxy) is 1. The lowest BCUT2D eigenvalue weighted by Gasteiger charge is -2.32. The average Bonchev–Trinajstić information content (AvgIpc) is 3.05. The van der Waals surface area contributed by atoms with Crippen LogP contribution >= 0.6 is 0 Å². The molecule has 1 aliphatic heterocycles. The number of hydrogen-bond donors (Lipinski definition) is 1. The van der Waals surface area contributed by atoms with Gasteiger partial charge in [0.2, 0.25) is 17.6 Å². The van der Waals surface area contributed by atoms with Crippen LogP contribution in [-0.2, 0) is 11.3 Å². The van der Waals surface area contributed by atoms with Gasteiger partial charge in [-0.05, 0) is 50.6 Å². The van der Waals surface area contributed by atoms with Crippen molar-refractivity contribution in [1.29, 1.82) is 0 Å². The van der Waals surface area contributed by atoms with Crippen molar-refractivity contribution < 1.29 is 14.1 Å². The van der Waals surface area contributed by atoms with Gasteiger partial charge in [0.15, 0.2) is 0 Å². The summed E-state index contributed by atoms with van der Waals surface area (Å²) in [5, 5.41) is 4.03. The first kappa shape index (κ1) is 16.4. The van der Waals surface area contributed by atoms with Crippen LogP contribution in [0.3, 0.4) is 0 Å². The maximum Gasteiger partial charge on any atom is 0.241 e. The minimum atomic E-state index is -0.291. The summed E-state index contributed by atoms with van der Waals surface area (Å²) in [6.07, 6.45) is 2.85. The van der Waals surface area contributed by atoms with Crippen molar-refractivity contribution in [3.63, 3.8) is 0 Å². The minimum absolute atomic E-state index is 0.250. The largest absolute Gasteiger partial charge is 0.494 e. The second-order valence-corrected chi connectivity index (χ2v) is 5.85. The van der Waals surface area contributed by atoms with Crippen molar-refractivity contribution >= 4 is 5.91 Å². The van der Waals surface area contributed by atoms with Gasteiger partial charge in [-0.3, -0.25) is 9.69 Å². The molecule has 1 saturated heterocycles. The maximum absolute atomic E-state index is 11.6. The number of hydrogen-bond acceptors (Lipinski definition) is 6. The third-order valence-electron chi connectivity index (χ3n) is 4.17. The number of primary amides is 1. The van der Waals surface area contributed by atoms with E-state index >= 15 is 0 Å². The third-order valence-corrected chi connectivity index (χ3v) is 4.17. The molecule has 0 bridgehead atoms. The van der Waals surface area contributed by atoms with Crippen molar-refractivity contribution in [3.8, 4) is 17.1 Å². The fraction of sp³-hybridized carbons (Fsp3) is 0.471. The Labute approximate surface area is 140 Å². The van der Waals surface area contributed by atoms with Crippen LogP contribution in [-0.4, -0.2) is 40.1 Å². The van der Waals surface area contributed by atoms with Gasteiger partial charge in [0.05, 0.1) is 19.2 Å². The second-order valence-electron chi connectivity index (χ2n) is 5.85. The first-order valence-corrected chi connectivity index (χ1v) is 8.26. The predicted molar refractivity (Wildman–Crippen MR) is 88.1 cm³/mol. The van der Waals surface area contributed by atoms with Crippen molar-refractivity contribution in [1.82, 2.24) is 15.0 Å². The minimum Gasteiger partial charge on any atom is -0.494 e. The van der Waals surface area contributed by atoms with E-state index in [1.807, 2.05) is 36.1 Å². The molecule has 7 nitrogen and oxygen atoms in total. The normalized spacial score (nSPS) is 18.5. The zero-order valence-corrected chi connectivity index (χ0v) is 13.8. The summed E-state index contributed by atoms with van der Waals surface area (Å²) in [5.41, 5.74) is 6.35. The number of amides is 1. The van der Waals surface area contributed by atoms with Crippen LogP contribution in [0.4, 0.5) is 0 Å². The molecule has 1 aromatic heterocycles. The van der Waals surface area contributed by atoms with E-state index < -0.39 is 0 Å². The quantitative estimate of drug-likeness (QED) is 0.870. The van der Waals surface area contributed by atoms with Crippen LogP contribution in [0.1, 0.15) is 32.1 Å². The summed E-state index contributed by atoms with van der Waals surface area (Å²) in [6.45, 7) is 3.83. The van der Waals surface area contributed by atoms with Gasteiger partial charge in [-0.1, -0.05) is 11.6 Å². The van der Waals surface area contributed by atoms with Gasteiger partial charge in [0.1, 0.15) is 5.75 Å². The highest BCUT2D eigenvalue weighted by molar-refractivity contribution is 5.79. The first-order chi connectivity index (χ1) is 11.7. The molecule has 0 radical (unpaired) electrons. The highest BCUT2D eigenvalue weighted by Crippen LogP contribution is 2.22. The Bertz CT molecular complexity index is 683. The number of likely N-dealkylation sites (tertiary alicyclic amines) is 1. The van der Waals surface area contributed by atoms with Crippen LogP contribution in [0.15, 0.2) is 28.8 Å². The monoisotopic (exact) mass is 330 g/mol. The highest BCUT2D eigenvalue weighted by atomic mass is 16.5. The molecule has 128 valence electrons. The number of nitrogens with zero attached hydrogens (tertiary/aromatic N) is 3. The number of rotatable bonds is 6. The van der Waals surface area contributed by atoms with E-state index in [0.717, 1.165) is 37.1 Å². The van der Waals surface area contributed by atoms with E-state index in [-0.39, 0.29) is 11.9 Å². The Kier molecular flexibility index (Phi) is 5.10. The van der Waals surface area contributed by atoms with Crippen molar-refractivity contribution in [3.05, 3.63) is 30.2 Å². The zero-order valence-electron chi connectivity index (χ0n) is 13.8. The van der Waals surface area contributed by atoms with Gasteiger partial charge in [0.25, 0.3) is 0 Å². The zero-order chi connectivity index (χ0) is 16.9. The molecule has 1 fully saturated rings. The average molecular weight is 330 g/mol. The molecule has 0 unspecified atom stereocenters. The van der Waals surface area contributed by atoms with E-state index in [1.54, 1.807) is 0 Å². The molecule has 7 heteroatoms. The molecule has 24 heavy (non-hydrogen) atoms. The number of carbonyl (C=O) groups is 1. The van der Waals surface area contributed by atoms with E-state index in [4.69, 9.17) is 15.0 Å². The molecular formula is C17H22N4O3. The van der Waals surface area contributed by atoms with Gasteiger partial charge in [-0.25, -0.2) is 0 Å². The summed E-state index contributed by atoms with van der Waals surface area (Å²) in [6, 6.07) is 7.30. The van der Waals surface area contributed by atoms with Crippen molar-refractivity contribution in [2.75, 3.05) is 13.2 Å². The third kappa shape index (κ3) is 3.73. The van der Waals surface area contributed by atoms with Crippen LogP contribution in [0.25, 0.3) is 11.4 Å². The fourth-order valence-electron chi connectivity index (χ4n) is 2.98. The highest BCUT2D eigenvalue weighted by Gasteiger charge is 2.28. The summed E-state index contributed by atoms with van der Waals surface area (Å²) in [7, 11) is 0. The number of piperidine rings is 1. The van der Waals surface area contributed by atoms with Crippen molar-refractivity contribution in [2.45, 2.75) is 38.8 Å². The smallest absolute Gasteiger partial charge is 0.241 e. The Morgan fingerprint density at radius 1 is 1.38 bits per heavy atom. The number of aromatic nitrogens is 2. The number of nitrogens with two attached hydrogens (primary N) is 1. The van der Waals surface area contributed by atoms with E-state index in [2.05, 4.69) is 10.1 Å². The first-order valence-electron chi connectivity index (χ1n) is 8.26. The molecule has 1 atom stereocenters. The predicted octanol–water partition coefficient (Wildman–Crippen LogP) is 1.98. The fourth-order valence-corrected chi connectivity index (χ4v) is 2.98. The second kappa shape index (κ2) is 7.44. The van der Waals surface area contributed by atoms with Gasteiger partial charge in [0, 0.05) is 5.56 Å². The molecule has 0 aliphatic carbocycles. The Balaban J connectivity index is 1.69. The lowest BCUT2D eigenvalue weighted by Crippen LogP contribution is -2.47. The standard InChI is InChI=1S/C17H22N4O3/c1-2-23-13-8-6-12(7-9-13)17-19-15(24-20-17)11-21-10-4-3-5-14(21)16(18)22/h6-9,14H,2-5,10-11H2,1H3,(H2,18,22)/t14-/m1/s1. The molecule has 1 aliphatic rings. The molecule has 1 aromatic carbocycles. The van der Waals surface area contributed by atoms with Crippen LogP contribution in [0.2, 0.25) is 0 Å². The summed E-state index contributed by atoms with van der Waals surface area (Å²) in [4.78, 5) is 18.0. The van der Waals surface area contributed by atoms with Crippen LogP contribution < -0.4 is 10.5 Å². The maximum atomic E-state index is 11.6. The molecular weight excluding hydrogens is 308 g/mol. The lowest BCUT2D eigenvalue weighted by atomic mass is 10.0. The van der Waals surface area contributed by atoms with Crippen LogP contribution in [0.5, 0.6) is 5.75 Å². The van der Waals surface area contributed by atoms with Gasteiger partial charge in [-0.15, -0.1) is 0 Å².